The lowest BCUT2D eigenvalue weighted by Crippen LogP contribution is -2.30. The first-order chi connectivity index (χ1) is 22.2. The average Bonchev–Trinajstić information content (AvgIpc) is 3.54. The number of amides is 3. The van der Waals surface area contributed by atoms with Crippen molar-refractivity contribution in [1.29, 1.82) is 0 Å². The van der Waals surface area contributed by atoms with Gasteiger partial charge in [0.05, 0.1) is 28.9 Å². The fourth-order valence-corrected chi connectivity index (χ4v) is 6.11. The number of aromatic nitrogens is 1. The molecule has 6 rings (SSSR count). The molecule has 236 valence electrons. The van der Waals surface area contributed by atoms with Gasteiger partial charge in [0, 0.05) is 48.2 Å². The number of unbranched alkanes of at least 4 members (excludes halogenated alkanes) is 1. The second-order valence-electron chi connectivity index (χ2n) is 11.3. The number of aliphatic hydroxyl groups excluding tert-OH is 1. The SMILES string of the molecule is CC(=O)n1cc(C2C=C(C(=O)Nc3ccc(N4C(=O)c5ccc(Cl)cc5C4=O)c(C)c3)OC(OCCCCO)C2)c2ccccc21. The van der Waals surface area contributed by atoms with Crippen molar-refractivity contribution in [2.24, 2.45) is 0 Å². The Morgan fingerprint density at radius 3 is 2.59 bits per heavy atom. The first kappa shape index (κ1) is 31.2. The number of halogens is 1. The van der Waals surface area contributed by atoms with Crippen LogP contribution in [0.2, 0.25) is 5.02 Å². The molecular weight excluding hydrogens is 610 g/mol. The van der Waals surface area contributed by atoms with E-state index in [2.05, 4.69) is 5.32 Å². The minimum Gasteiger partial charge on any atom is -0.459 e. The summed E-state index contributed by atoms with van der Waals surface area (Å²) >= 11 is 6.06. The first-order valence-corrected chi connectivity index (χ1v) is 15.4. The maximum absolute atomic E-state index is 13.6. The lowest BCUT2D eigenvalue weighted by molar-refractivity contribution is -0.143. The number of benzene rings is 3. The summed E-state index contributed by atoms with van der Waals surface area (Å²) in [6, 6.07) is 17.1. The Hall–Kier alpha value is -4.77. The van der Waals surface area contributed by atoms with E-state index in [1.807, 2.05) is 24.3 Å². The van der Waals surface area contributed by atoms with Crippen LogP contribution in [0.25, 0.3) is 10.9 Å². The van der Waals surface area contributed by atoms with E-state index in [4.69, 9.17) is 26.2 Å². The molecule has 0 bridgehead atoms. The number of aliphatic hydroxyl groups is 1. The molecule has 0 radical (unpaired) electrons. The van der Waals surface area contributed by atoms with E-state index in [-0.39, 0.29) is 35.3 Å². The molecule has 3 amide bonds. The van der Waals surface area contributed by atoms with Crippen molar-refractivity contribution in [1.82, 2.24) is 4.57 Å². The van der Waals surface area contributed by atoms with Gasteiger partial charge in [0.2, 0.25) is 12.2 Å². The molecule has 2 unspecified atom stereocenters. The number of aryl methyl sites for hydroxylation is 1. The summed E-state index contributed by atoms with van der Waals surface area (Å²) in [6.45, 7) is 3.64. The van der Waals surface area contributed by atoms with E-state index in [9.17, 15) is 19.2 Å². The summed E-state index contributed by atoms with van der Waals surface area (Å²) in [7, 11) is 0. The van der Waals surface area contributed by atoms with Crippen molar-refractivity contribution >= 4 is 57.5 Å². The van der Waals surface area contributed by atoms with Crippen molar-refractivity contribution in [3.63, 3.8) is 0 Å². The van der Waals surface area contributed by atoms with Gasteiger partial charge in [0.15, 0.2) is 5.76 Å². The van der Waals surface area contributed by atoms with E-state index in [1.54, 1.807) is 48.0 Å². The van der Waals surface area contributed by atoms with Crippen LogP contribution in [0.4, 0.5) is 11.4 Å². The number of ether oxygens (including phenoxy) is 2. The van der Waals surface area contributed by atoms with Gasteiger partial charge in [-0.3, -0.25) is 23.7 Å². The number of nitrogens with zero attached hydrogens (tertiary/aromatic N) is 2. The van der Waals surface area contributed by atoms with Gasteiger partial charge >= 0.3 is 0 Å². The van der Waals surface area contributed by atoms with Gasteiger partial charge in [-0.1, -0.05) is 29.8 Å². The fraction of sp³-hybridized carbons (Fsp3) is 0.257. The number of carbonyl (C=O) groups is 4. The number of imide groups is 1. The topological polar surface area (TPSA) is 127 Å². The zero-order chi connectivity index (χ0) is 32.5. The molecule has 10 nitrogen and oxygen atoms in total. The van der Waals surface area contributed by atoms with Crippen molar-refractivity contribution in [3.8, 4) is 0 Å². The van der Waals surface area contributed by atoms with Gasteiger partial charge in [-0.25, -0.2) is 4.90 Å². The molecule has 0 saturated carbocycles. The second kappa shape index (κ2) is 12.9. The molecule has 0 saturated heterocycles. The molecule has 0 fully saturated rings. The molecule has 2 aliphatic rings. The number of fused-ring (bicyclic) bond motifs is 2. The quantitative estimate of drug-likeness (QED) is 0.164. The van der Waals surface area contributed by atoms with Crippen LogP contribution in [0, 0.1) is 6.92 Å². The number of allylic oxidation sites excluding steroid dienone is 1. The van der Waals surface area contributed by atoms with Crippen LogP contribution < -0.4 is 10.2 Å². The van der Waals surface area contributed by atoms with E-state index in [0.717, 1.165) is 21.4 Å². The summed E-state index contributed by atoms with van der Waals surface area (Å²) in [5.41, 5.74) is 3.58. The molecule has 46 heavy (non-hydrogen) atoms. The molecule has 0 spiro atoms. The maximum Gasteiger partial charge on any atom is 0.290 e. The molecule has 2 aliphatic heterocycles. The van der Waals surface area contributed by atoms with Crippen LogP contribution >= 0.6 is 11.6 Å². The van der Waals surface area contributed by atoms with Crippen LogP contribution in [0.1, 0.15) is 68.7 Å². The average molecular weight is 642 g/mol. The van der Waals surface area contributed by atoms with Gasteiger partial charge in [0.25, 0.3) is 17.7 Å². The third kappa shape index (κ3) is 5.94. The lowest BCUT2D eigenvalue weighted by atomic mass is 9.92. The second-order valence-corrected chi connectivity index (χ2v) is 11.7. The van der Waals surface area contributed by atoms with Crippen molar-refractivity contribution in [3.05, 3.63) is 106 Å². The predicted molar refractivity (Wildman–Crippen MR) is 173 cm³/mol. The molecule has 2 N–H and O–H groups in total. The highest BCUT2D eigenvalue weighted by atomic mass is 35.5. The molecule has 11 heteroatoms. The summed E-state index contributed by atoms with van der Waals surface area (Å²) in [4.78, 5) is 53.3. The number of carbonyl (C=O) groups excluding carboxylic acids is 4. The summed E-state index contributed by atoms with van der Waals surface area (Å²) < 4.78 is 13.6. The van der Waals surface area contributed by atoms with Crippen molar-refractivity contribution in [2.45, 2.75) is 45.3 Å². The zero-order valence-electron chi connectivity index (χ0n) is 25.3. The molecule has 1 aromatic heterocycles. The standard InChI is InChI=1S/C35H32ClN3O7/c1-20-15-24(10-12-29(20)39-34(43)26-11-9-23(36)18-27(26)35(39)44)37-33(42)31-16-22(17-32(46-31)45-14-6-5-13-40)28-19-38(21(2)41)30-8-4-3-7-25(28)30/h3-4,7-12,15-16,18-19,22,32,40H,5-6,13-14,17H2,1-2H3,(H,37,42). The predicted octanol–water partition coefficient (Wildman–Crippen LogP) is 6.21. The van der Waals surface area contributed by atoms with Crippen LogP contribution in [0.5, 0.6) is 0 Å². The number of para-hydroxylation sites is 1. The number of rotatable bonds is 9. The highest BCUT2D eigenvalue weighted by molar-refractivity contribution is 6.37. The minimum absolute atomic E-state index is 0.0508. The number of hydrogen-bond donors (Lipinski definition) is 2. The number of hydrogen-bond acceptors (Lipinski definition) is 7. The normalized spacial score (nSPS) is 17.6. The molecular formula is C35H32ClN3O7. The Balaban J connectivity index is 1.26. The Bertz CT molecular complexity index is 1910. The Morgan fingerprint density at radius 2 is 1.83 bits per heavy atom. The van der Waals surface area contributed by atoms with Crippen LogP contribution in [-0.4, -0.2) is 52.8 Å². The van der Waals surface area contributed by atoms with Gasteiger partial charge < -0.3 is 19.9 Å². The molecule has 3 heterocycles. The van der Waals surface area contributed by atoms with Crippen LogP contribution in [0.3, 0.4) is 0 Å². The monoisotopic (exact) mass is 641 g/mol. The van der Waals surface area contributed by atoms with Crippen molar-refractivity contribution in [2.75, 3.05) is 23.4 Å². The fourth-order valence-electron chi connectivity index (χ4n) is 5.93. The van der Waals surface area contributed by atoms with Gasteiger partial charge in [-0.15, -0.1) is 0 Å². The maximum atomic E-state index is 13.6. The Kier molecular flexibility index (Phi) is 8.77. The minimum atomic E-state index is -0.736. The molecule has 4 aromatic rings. The van der Waals surface area contributed by atoms with Gasteiger partial charge in [0.1, 0.15) is 0 Å². The lowest BCUT2D eigenvalue weighted by Gasteiger charge is -2.29. The van der Waals surface area contributed by atoms with Gasteiger partial charge in [-0.05, 0) is 79.4 Å². The van der Waals surface area contributed by atoms with E-state index >= 15 is 0 Å². The molecule has 3 aromatic carbocycles. The van der Waals surface area contributed by atoms with Crippen LogP contribution in [-0.2, 0) is 14.3 Å². The Morgan fingerprint density at radius 1 is 1.04 bits per heavy atom. The first-order valence-electron chi connectivity index (χ1n) is 15.0. The van der Waals surface area contributed by atoms with E-state index < -0.39 is 24.0 Å². The molecule has 2 atom stereocenters. The van der Waals surface area contributed by atoms with E-state index in [1.165, 1.54) is 19.1 Å². The summed E-state index contributed by atoms with van der Waals surface area (Å²) in [6.07, 6.45) is 4.42. The zero-order valence-corrected chi connectivity index (χ0v) is 26.0. The highest BCUT2D eigenvalue weighted by Crippen LogP contribution is 2.37. The number of nitrogens with one attached hydrogen (secondary N) is 1. The smallest absolute Gasteiger partial charge is 0.290 e. The van der Waals surface area contributed by atoms with E-state index in [0.29, 0.717) is 47.8 Å². The molecule has 0 aliphatic carbocycles. The van der Waals surface area contributed by atoms with Crippen molar-refractivity contribution < 1.29 is 33.8 Å². The van der Waals surface area contributed by atoms with Crippen LogP contribution in [0.15, 0.2) is 78.7 Å². The number of anilines is 2. The van der Waals surface area contributed by atoms with Gasteiger partial charge in [-0.2, -0.15) is 0 Å². The highest BCUT2D eigenvalue weighted by Gasteiger charge is 2.37. The summed E-state index contributed by atoms with van der Waals surface area (Å²) in [5.74, 6) is -1.79. The summed E-state index contributed by atoms with van der Waals surface area (Å²) in [5, 5.41) is 13.3. The largest absolute Gasteiger partial charge is 0.459 e. The Labute approximate surface area is 270 Å². The third-order valence-corrected chi connectivity index (χ3v) is 8.40. The third-order valence-electron chi connectivity index (χ3n) is 8.16.